The van der Waals surface area contributed by atoms with Crippen LogP contribution >= 0.6 is 0 Å². The molecule has 0 amide bonds. The minimum absolute atomic E-state index is 0.162. The zero-order chi connectivity index (χ0) is 20.5. The van der Waals surface area contributed by atoms with E-state index in [1.807, 2.05) is 6.07 Å². The van der Waals surface area contributed by atoms with Crippen LogP contribution in [0.25, 0.3) is 0 Å². The Morgan fingerprint density at radius 2 is 1.72 bits per heavy atom. The van der Waals surface area contributed by atoms with Crippen molar-refractivity contribution in [2.24, 2.45) is 0 Å². The summed E-state index contributed by atoms with van der Waals surface area (Å²) in [5, 5.41) is 0. The molecular weight excluding hydrogens is 376 g/mol. The molecule has 1 spiro atoms. The van der Waals surface area contributed by atoms with Gasteiger partial charge in [0, 0.05) is 32.8 Å². The summed E-state index contributed by atoms with van der Waals surface area (Å²) in [6.07, 6.45) is 3.76. The maximum absolute atomic E-state index is 12.7. The van der Waals surface area contributed by atoms with Crippen molar-refractivity contribution in [2.45, 2.75) is 74.6 Å². The molecule has 1 saturated heterocycles. The summed E-state index contributed by atoms with van der Waals surface area (Å²) in [6, 6.07) is 8.78. The smallest absolute Gasteiger partial charge is 0.338 e. The molecule has 7 nitrogen and oxygen atoms in total. The predicted molar refractivity (Wildman–Crippen MR) is 102 cm³/mol. The van der Waals surface area contributed by atoms with Crippen LogP contribution in [0.4, 0.5) is 0 Å². The molecule has 4 rings (SSSR count). The molecule has 0 bridgehead atoms. The molecule has 1 aromatic carbocycles. The Kier molecular flexibility index (Phi) is 5.64. The van der Waals surface area contributed by atoms with Crippen molar-refractivity contribution in [3.8, 4) is 0 Å². The lowest BCUT2D eigenvalue weighted by molar-refractivity contribution is -0.198. The van der Waals surface area contributed by atoms with E-state index in [0.717, 1.165) is 32.1 Å². The molecular formula is C22H28O7. The number of ether oxygens (including phenoxy) is 5. The van der Waals surface area contributed by atoms with Crippen LogP contribution in [-0.4, -0.2) is 55.9 Å². The number of rotatable bonds is 4. The van der Waals surface area contributed by atoms with Gasteiger partial charge in [0.05, 0.1) is 18.8 Å². The summed E-state index contributed by atoms with van der Waals surface area (Å²) in [6.45, 7) is 0. The Hall–Kier alpha value is -1.96. The second-order valence-corrected chi connectivity index (χ2v) is 8.12. The first-order valence-electron chi connectivity index (χ1n) is 10.3. The molecule has 1 heterocycles. The minimum atomic E-state index is -1.24. The van der Waals surface area contributed by atoms with Crippen LogP contribution in [0.15, 0.2) is 30.3 Å². The van der Waals surface area contributed by atoms with Gasteiger partial charge in [-0.15, -0.1) is 0 Å². The van der Waals surface area contributed by atoms with Crippen molar-refractivity contribution < 1.29 is 33.3 Å². The highest BCUT2D eigenvalue weighted by Gasteiger charge is 2.60. The van der Waals surface area contributed by atoms with Crippen molar-refractivity contribution in [2.75, 3.05) is 14.2 Å². The number of methoxy groups -OCH3 is 2. The van der Waals surface area contributed by atoms with E-state index >= 15 is 0 Å². The average molecular weight is 404 g/mol. The molecule has 3 aliphatic rings. The van der Waals surface area contributed by atoms with Crippen molar-refractivity contribution in [3.05, 3.63) is 35.9 Å². The standard InChI is InChI=1S/C22H28O7/c1-25-20(24)21(26-2)13-16(27-19(23)15-9-5-3-6-10-15)18-17(14-21)28-22(29-18)11-7-4-8-12-22/h3,5-6,9-10,16-18H,4,7-8,11-14H2,1-2H3/t16-,17-,18+,21-/m1/s1. The van der Waals surface area contributed by atoms with Crippen LogP contribution < -0.4 is 0 Å². The Balaban J connectivity index is 1.61. The van der Waals surface area contributed by atoms with Crippen molar-refractivity contribution in [1.29, 1.82) is 0 Å². The van der Waals surface area contributed by atoms with E-state index < -0.39 is 41.6 Å². The predicted octanol–water partition coefficient (Wildman–Crippen LogP) is 3.01. The van der Waals surface area contributed by atoms with Gasteiger partial charge < -0.3 is 23.7 Å². The van der Waals surface area contributed by atoms with E-state index in [0.29, 0.717) is 12.0 Å². The summed E-state index contributed by atoms with van der Waals surface area (Å²) in [4.78, 5) is 25.3. The fourth-order valence-electron chi connectivity index (χ4n) is 4.83. The third-order valence-electron chi connectivity index (χ3n) is 6.34. The summed E-state index contributed by atoms with van der Waals surface area (Å²) >= 11 is 0. The molecule has 0 aromatic heterocycles. The van der Waals surface area contributed by atoms with Crippen LogP contribution in [0, 0.1) is 0 Å². The summed E-state index contributed by atoms with van der Waals surface area (Å²) in [5.74, 6) is -1.61. The topological polar surface area (TPSA) is 80.3 Å². The molecule has 29 heavy (non-hydrogen) atoms. The molecule has 0 radical (unpaired) electrons. The monoisotopic (exact) mass is 404 g/mol. The largest absolute Gasteiger partial charge is 0.467 e. The van der Waals surface area contributed by atoms with Gasteiger partial charge in [-0.1, -0.05) is 24.6 Å². The van der Waals surface area contributed by atoms with Gasteiger partial charge in [-0.3, -0.25) is 0 Å². The van der Waals surface area contributed by atoms with Gasteiger partial charge >= 0.3 is 11.9 Å². The fourth-order valence-corrected chi connectivity index (χ4v) is 4.83. The number of esters is 2. The van der Waals surface area contributed by atoms with Gasteiger partial charge in [-0.05, 0) is 25.0 Å². The first-order chi connectivity index (χ1) is 14.0. The summed E-state index contributed by atoms with van der Waals surface area (Å²) < 4.78 is 29.2. The molecule has 1 aliphatic heterocycles. The first kappa shape index (κ1) is 20.3. The average Bonchev–Trinajstić information content (AvgIpc) is 3.11. The van der Waals surface area contributed by atoms with Gasteiger partial charge in [0.2, 0.25) is 0 Å². The van der Waals surface area contributed by atoms with Crippen molar-refractivity contribution >= 4 is 11.9 Å². The second-order valence-electron chi connectivity index (χ2n) is 8.12. The van der Waals surface area contributed by atoms with E-state index in [2.05, 4.69) is 0 Å². The zero-order valence-corrected chi connectivity index (χ0v) is 16.9. The van der Waals surface area contributed by atoms with Crippen LogP contribution in [0.5, 0.6) is 0 Å². The van der Waals surface area contributed by atoms with E-state index in [4.69, 9.17) is 23.7 Å². The molecule has 2 saturated carbocycles. The lowest BCUT2D eigenvalue weighted by Crippen LogP contribution is -2.57. The van der Waals surface area contributed by atoms with Crippen LogP contribution in [-0.2, 0) is 28.5 Å². The number of benzene rings is 1. The van der Waals surface area contributed by atoms with Crippen molar-refractivity contribution in [3.63, 3.8) is 0 Å². The normalized spacial score (nSPS) is 33.1. The number of hydrogen-bond acceptors (Lipinski definition) is 7. The van der Waals surface area contributed by atoms with Crippen LogP contribution in [0.2, 0.25) is 0 Å². The van der Waals surface area contributed by atoms with Gasteiger partial charge in [-0.25, -0.2) is 9.59 Å². The third-order valence-corrected chi connectivity index (χ3v) is 6.34. The molecule has 7 heteroatoms. The highest BCUT2D eigenvalue weighted by Crippen LogP contribution is 2.48. The summed E-state index contributed by atoms with van der Waals surface area (Å²) in [5.41, 5.74) is -0.789. The fraction of sp³-hybridized carbons (Fsp3) is 0.636. The first-order valence-corrected chi connectivity index (χ1v) is 10.3. The maximum Gasteiger partial charge on any atom is 0.338 e. The number of fused-ring (bicyclic) bond motifs is 1. The Morgan fingerprint density at radius 1 is 1.00 bits per heavy atom. The highest BCUT2D eigenvalue weighted by atomic mass is 16.8. The Labute approximate surface area is 170 Å². The van der Waals surface area contributed by atoms with E-state index in [1.54, 1.807) is 24.3 Å². The van der Waals surface area contributed by atoms with Gasteiger partial charge in [-0.2, -0.15) is 0 Å². The quantitative estimate of drug-likeness (QED) is 0.714. The summed E-state index contributed by atoms with van der Waals surface area (Å²) in [7, 11) is 2.80. The third kappa shape index (κ3) is 3.79. The number of carbonyl (C=O) groups excluding carboxylic acids is 2. The van der Waals surface area contributed by atoms with E-state index in [9.17, 15) is 9.59 Å². The molecule has 4 atom stereocenters. The lowest BCUT2D eigenvalue weighted by atomic mass is 9.79. The van der Waals surface area contributed by atoms with Crippen LogP contribution in [0.1, 0.15) is 55.3 Å². The molecule has 1 aromatic rings. The Bertz CT molecular complexity index is 743. The SMILES string of the molecule is COC(=O)[C@@]1(OC)C[C@@H](OC(=O)c2ccccc2)[C@@H]2OC3(CCCCC3)O[C@@H]2C1. The van der Waals surface area contributed by atoms with Gasteiger partial charge in [0.1, 0.15) is 12.2 Å². The molecule has 2 aliphatic carbocycles. The molecule has 0 unspecified atom stereocenters. The highest BCUT2D eigenvalue weighted by molar-refractivity contribution is 5.89. The lowest BCUT2D eigenvalue weighted by Gasteiger charge is -2.41. The zero-order valence-electron chi connectivity index (χ0n) is 16.9. The molecule has 3 fully saturated rings. The van der Waals surface area contributed by atoms with E-state index in [-0.39, 0.29) is 6.42 Å². The minimum Gasteiger partial charge on any atom is -0.467 e. The van der Waals surface area contributed by atoms with Gasteiger partial charge in [0.15, 0.2) is 11.4 Å². The molecule has 0 N–H and O–H groups in total. The number of hydrogen-bond donors (Lipinski definition) is 0. The maximum atomic E-state index is 12.7. The number of carbonyl (C=O) groups is 2. The van der Waals surface area contributed by atoms with Gasteiger partial charge in [0.25, 0.3) is 0 Å². The van der Waals surface area contributed by atoms with Crippen molar-refractivity contribution in [1.82, 2.24) is 0 Å². The van der Waals surface area contributed by atoms with E-state index in [1.165, 1.54) is 14.2 Å². The Morgan fingerprint density at radius 3 is 2.38 bits per heavy atom. The van der Waals surface area contributed by atoms with Crippen LogP contribution in [0.3, 0.4) is 0 Å². The molecule has 158 valence electrons. The second kappa shape index (κ2) is 8.05.